The van der Waals surface area contributed by atoms with E-state index in [0.717, 1.165) is 0 Å². The van der Waals surface area contributed by atoms with Crippen molar-refractivity contribution in [3.05, 3.63) is 0 Å². The fourth-order valence-corrected chi connectivity index (χ4v) is 3.10. The molecule has 0 spiro atoms. The molecule has 0 aliphatic rings. The van der Waals surface area contributed by atoms with Gasteiger partial charge < -0.3 is 24.8 Å². The monoisotopic (exact) mass is 650 g/mol. The van der Waals surface area contributed by atoms with E-state index in [1.165, 1.54) is 0 Å². The lowest BCUT2D eigenvalue weighted by Crippen LogP contribution is -2.74. The van der Waals surface area contributed by atoms with E-state index >= 15 is 0 Å². The maximum Gasteiger partial charge on any atom is 0.460 e. The first kappa shape index (κ1) is 39.2. The number of rotatable bonds is 17. The molecule has 0 aromatic rings. The predicted molar refractivity (Wildman–Crippen MR) is 100 cm³/mol. The second kappa shape index (κ2) is 12.0. The first-order valence-electron chi connectivity index (χ1n) is 10.9. The van der Waals surface area contributed by atoms with Gasteiger partial charge in [0, 0.05) is 38.3 Å². The largest absolute Gasteiger partial charge is 0.550 e. The summed E-state index contributed by atoms with van der Waals surface area (Å²) in [6.45, 7) is -1.18. The number of hydrogen-bond donors (Lipinski definition) is 2. The first-order valence-corrected chi connectivity index (χ1v) is 10.9. The number of aliphatic hydroxyl groups is 1. The molecule has 0 bridgehead atoms. The van der Waals surface area contributed by atoms with Gasteiger partial charge in [-0.15, -0.1) is 0 Å². The number of nitrogens with zero attached hydrogens (tertiary/aromatic N) is 1. The van der Waals surface area contributed by atoms with Crippen molar-refractivity contribution < 1.29 is 94.1 Å². The van der Waals surface area contributed by atoms with Crippen LogP contribution in [-0.4, -0.2) is 110 Å². The topological polar surface area (TPSA) is 72.4 Å². The van der Waals surface area contributed by atoms with E-state index in [2.05, 4.69) is 5.32 Å². The maximum atomic E-state index is 13.9. The Labute approximate surface area is 219 Å². The van der Waals surface area contributed by atoms with Crippen LogP contribution in [0.1, 0.15) is 19.3 Å². The molecule has 0 aromatic heterocycles. The third-order valence-electron chi connectivity index (χ3n) is 5.70. The minimum atomic E-state index is -8.70. The van der Waals surface area contributed by atoms with Gasteiger partial charge in [-0.1, -0.05) is 0 Å². The summed E-state index contributed by atoms with van der Waals surface area (Å²) in [5, 5.41) is 22.0. The second-order valence-electron chi connectivity index (χ2n) is 9.57. The fourth-order valence-electron chi connectivity index (χ4n) is 3.10. The average Bonchev–Trinajstić information content (AvgIpc) is 2.75. The third kappa shape index (κ3) is 7.57. The smallest absolute Gasteiger partial charge is 0.460 e. The van der Waals surface area contributed by atoms with Gasteiger partial charge in [-0.25, -0.2) is 0 Å². The summed E-state index contributed by atoms with van der Waals surface area (Å²) >= 11 is 0. The number of aliphatic carboxylic acids is 1. The number of carboxylic acids is 1. The molecular weight excluding hydrogens is 627 g/mol. The molecule has 0 rings (SSSR count). The molecular formula is C19H23F17N2O3. The number of carbonyl (C=O) groups excluding carboxylic acids is 1. The maximum absolute atomic E-state index is 13.9. The number of quaternary nitrogens is 1. The molecule has 0 aromatic carbocycles. The lowest BCUT2D eigenvalue weighted by atomic mass is 9.87. The predicted octanol–water partition coefficient (Wildman–Crippen LogP) is 3.94. The zero-order chi connectivity index (χ0) is 33.3. The van der Waals surface area contributed by atoms with Gasteiger partial charge in [0.15, 0.2) is 0 Å². The zero-order valence-corrected chi connectivity index (χ0v) is 20.7. The fraction of sp³-hybridized carbons (Fsp3) is 0.947. The third-order valence-corrected chi connectivity index (χ3v) is 5.70. The Morgan fingerprint density at radius 3 is 1.49 bits per heavy atom. The minimum absolute atomic E-state index is 0.0595. The van der Waals surface area contributed by atoms with Crippen molar-refractivity contribution in [1.29, 1.82) is 0 Å². The average molecular weight is 650 g/mol. The van der Waals surface area contributed by atoms with Gasteiger partial charge in [0.1, 0.15) is 0 Å². The summed E-state index contributed by atoms with van der Waals surface area (Å²) in [5.41, 5.74) is 0. The van der Waals surface area contributed by atoms with Gasteiger partial charge in [-0.3, -0.25) is 0 Å². The number of aliphatic hydroxyl groups excluding tert-OH is 1. The Bertz CT molecular complexity index is 890. The molecule has 0 aliphatic heterocycles. The molecule has 246 valence electrons. The highest BCUT2D eigenvalue weighted by atomic mass is 19.4. The van der Waals surface area contributed by atoms with Crippen LogP contribution in [0, 0.1) is 0 Å². The molecule has 0 amide bonds. The van der Waals surface area contributed by atoms with Crippen molar-refractivity contribution in [1.82, 2.24) is 5.32 Å². The Morgan fingerprint density at radius 2 is 1.10 bits per heavy atom. The van der Waals surface area contributed by atoms with Gasteiger partial charge in [0.2, 0.25) is 0 Å². The van der Waals surface area contributed by atoms with Crippen LogP contribution in [0.4, 0.5) is 74.6 Å². The van der Waals surface area contributed by atoms with E-state index in [0.29, 0.717) is 0 Å². The summed E-state index contributed by atoms with van der Waals surface area (Å²) in [7, 11) is 3.08. The van der Waals surface area contributed by atoms with Crippen LogP contribution in [0.5, 0.6) is 0 Å². The lowest BCUT2D eigenvalue weighted by Gasteiger charge is -2.43. The van der Waals surface area contributed by atoms with Gasteiger partial charge >= 0.3 is 47.6 Å². The van der Waals surface area contributed by atoms with Crippen molar-refractivity contribution in [2.75, 3.05) is 40.3 Å². The van der Waals surface area contributed by atoms with Crippen LogP contribution in [0.3, 0.4) is 0 Å². The first-order chi connectivity index (χ1) is 17.8. The molecule has 0 saturated heterocycles. The summed E-state index contributed by atoms with van der Waals surface area (Å²) in [6, 6.07) is 0. The van der Waals surface area contributed by atoms with Gasteiger partial charge in [-0.2, -0.15) is 74.6 Å². The summed E-state index contributed by atoms with van der Waals surface area (Å²) in [4.78, 5) is 10.5. The van der Waals surface area contributed by atoms with Crippen LogP contribution >= 0.6 is 0 Å². The molecule has 41 heavy (non-hydrogen) atoms. The molecule has 0 saturated carbocycles. The van der Waals surface area contributed by atoms with Crippen molar-refractivity contribution in [3.63, 3.8) is 0 Å². The van der Waals surface area contributed by atoms with Crippen molar-refractivity contribution in [2.24, 2.45) is 0 Å². The summed E-state index contributed by atoms with van der Waals surface area (Å²) in [6.07, 6.45) is -13.9. The second-order valence-corrected chi connectivity index (χ2v) is 9.57. The lowest BCUT2D eigenvalue weighted by molar-refractivity contribution is -0.890. The van der Waals surface area contributed by atoms with E-state index in [9.17, 15) is 89.6 Å². The molecule has 1 unspecified atom stereocenters. The minimum Gasteiger partial charge on any atom is -0.550 e. The van der Waals surface area contributed by atoms with Crippen LogP contribution < -0.4 is 10.4 Å². The summed E-state index contributed by atoms with van der Waals surface area (Å²) in [5.74, 6) is -58.4. The Balaban J connectivity index is 5.71. The molecule has 0 radical (unpaired) electrons. The van der Waals surface area contributed by atoms with Crippen LogP contribution in [0.2, 0.25) is 0 Å². The summed E-state index contributed by atoms with van der Waals surface area (Å²) < 4.78 is 225. The zero-order valence-electron chi connectivity index (χ0n) is 20.7. The van der Waals surface area contributed by atoms with Gasteiger partial charge in [-0.05, 0) is 0 Å². The van der Waals surface area contributed by atoms with Crippen molar-refractivity contribution in [3.8, 4) is 0 Å². The van der Waals surface area contributed by atoms with E-state index in [1.807, 2.05) is 0 Å². The Hall–Kier alpha value is -1.84. The standard InChI is InChI=1S/C19H23F17N2O3/c1-38(2,7-4-11(40)41)6-3-5-37-9-10(39)8-12(20,21)13(22,23)14(24,25)15(26,27)16(28,29)17(30,31)18(32,33)19(34,35)36/h10,37,39H,3-9H2,1-2H3. The van der Waals surface area contributed by atoms with Crippen LogP contribution in [0.15, 0.2) is 0 Å². The number of carbonyl (C=O) groups is 1. The number of hydrogen-bond acceptors (Lipinski definition) is 4. The highest BCUT2D eigenvalue weighted by Gasteiger charge is 2.95. The SMILES string of the molecule is C[N+](C)(CCCNCC(O)CC(F)(F)C(F)(F)C(F)(F)C(F)(F)C(F)(F)C(F)(F)C(F)(F)C(F)(F)F)CCC(=O)[O-]. The van der Waals surface area contributed by atoms with Crippen LogP contribution in [-0.2, 0) is 4.79 Å². The Kier molecular flexibility index (Phi) is 11.5. The number of halogens is 17. The van der Waals surface area contributed by atoms with E-state index in [-0.39, 0.29) is 37.0 Å². The molecule has 5 nitrogen and oxygen atoms in total. The molecule has 22 heteroatoms. The molecule has 0 fully saturated rings. The normalized spacial score (nSPS) is 16.2. The van der Waals surface area contributed by atoms with E-state index < -0.39 is 72.7 Å². The number of carboxylic acid groups (broad SMARTS) is 1. The molecule has 1 atom stereocenters. The highest BCUT2D eigenvalue weighted by molar-refractivity contribution is 5.64. The molecule has 0 heterocycles. The van der Waals surface area contributed by atoms with E-state index in [4.69, 9.17) is 0 Å². The number of nitrogens with one attached hydrogen (secondary N) is 1. The van der Waals surface area contributed by atoms with Gasteiger partial charge in [0.05, 0.1) is 33.3 Å². The van der Waals surface area contributed by atoms with Crippen molar-refractivity contribution in [2.45, 2.75) is 73.0 Å². The Morgan fingerprint density at radius 1 is 0.707 bits per heavy atom. The number of alkyl halides is 17. The van der Waals surface area contributed by atoms with Crippen molar-refractivity contribution >= 4 is 5.97 Å². The quantitative estimate of drug-likeness (QED) is 0.142. The highest BCUT2D eigenvalue weighted by Crippen LogP contribution is 2.64. The molecule has 0 aliphatic carbocycles. The van der Waals surface area contributed by atoms with Gasteiger partial charge in [0.25, 0.3) is 0 Å². The van der Waals surface area contributed by atoms with E-state index in [1.54, 1.807) is 14.1 Å². The van der Waals surface area contributed by atoms with Crippen LogP contribution in [0.25, 0.3) is 0 Å². The molecule has 2 N–H and O–H groups in total.